The first-order valence-corrected chi connectivity index (χ1v) is 12.8. The van der Waals surface area contributed by atoms with Gasteiger partial charge in [0, 0.05) is 0 Å². The first-order chi connectivity index (χ1) is 10.8. The van der Waals surface area contributed by atoms with Gasteiger partial charge in [-0.25, -0.2) is 0 Å². The minimum atomic E-state index is 0.495. The summed E-state index contributed by atoms with van der Waals surface area (Å²) in [5.74, 6) is 5.93. The van der Waals surface area contributed by atoms with Crippen molar-refractivity contribution >= 4 is 32.7 Å². The summed E-state index contributed by atoms with van der Waals surface area (Å²) >= 11 is 9.12. The minimum Gasteiger partial charge on any atom is -0.176 e. The Hall–Kier alpha value is 1.13. The molecule has 0 aromatic carbocycles. The van der Waals surface area contributed by atoms with Crippen LogP contribution in [0.4, 0.5) is 0 Å². The third-order valence-electron chi connectivity index (χ3n) is 7.03. The molecule has 2 aliphatic rings. The fourth-order valence-electron chi connectivity index (χ4n) is 5.94. The molecular weight excluding hydrogens is 335 g/mol. The van der Waals surface area contributed by atoms with Crippen LogP contribution in [0.25, 0.3) is 0 Å². The van der Waals surface area contributed by atoms with Gasteiger partial charge in [0.1, 0.15) is 0 Å². The van der Waals surface area contributed by atoms with Crippen LogP contribution in [0.15, 0.2) is 0 Å². The molecule has 8 atom stereocenters. The second kappa shape index (κ2) is 8.68. The zero-order valence-corrected chi connectivity index (χ0v) is 18.7. The smallest absolute Gasteiger partial charge is 0.000895 e. The average Bonchev–Trinajstić information content (AvgIpc) is 3.01. The summed E-state index contributed by atoms with van der Waals surface area (Å²) in [5.41, 5.74) is 0.495. The molecule has 2 rings (SSSR count). The first kappa shape index (κ1) is 20.4. The van der Waals surface area contributed by atoms with Crippen molar-refractivity contribution in [1.29, 1.82) is 0 Å². The largest absolute Gasteiger partial charge is 0.176 e. The zero-order valence-electron chi connectivity index (χ0n) is 15.9. The Morgan fingerprint density at radius 2 is 1.87 bits per heavy atom. The van der Waals surface area contributed by atoms with E-state index in [9.17, 15) is 0 Å². The van der Waals surface area contributed by atoms with Crippen molar-refractivity contribution in [3.05, 3.63) is 0 Å². The molecule has 0 nitrogen and oxygen atoms in total. The van der Waals surface area contributed by atoms with Crippen LogP contribution < -0.4 is 0 Å². The SMILES string of the molecule is CCC1C(CCC(C)(C)CPS)C2CC(C(C)CC(C)S)C1C2. The first-order valence-electron chi connectivity index (χ1n) is 9.84. The molecule has 0 radical (unpaired) electrons. The van der Waals surface area contributed by atoms with Gasteiger partial charge in [-0.1, -0.05) is 48.8 Å². The van der Waals surface area contributed by atoms with E-state index in [1.807, 2.05) is 0 Å². The van der Waals surface area contributed by atoms with Gasteiger partial charge in [0.2, 0.25) is 0 Å². The van der Waals surface area contributed by atoms with Crippen molar-refractivity contribution in [2.45, 2.75) is 78.4 Å². The van der Waals surface area contributed by atoms with Gasteiger partial charge < -0.3 is 0 Å². The number of hydrogen-bond acceptors (Lipinski definition) is 2. The highest BCUT2D eigenvalue weighted by molar-refractivity contribution is 8.38. The van der Waals surface area contributed by atoms with Gasteiger partial charge >= 0.3 is 0 Å². The zero-order chi connectivity index (χ0) is 17.2. The molecule has 0 aromatic heterocycles. The number of rotatable bonds is 9. The van der Waals surface area contributed by atoms with Gasteiger partial charge in [0.15, 0.2) is 0 Å². The normalized spacial score (nSPS) is 36.9. The molecule has 0 aliphatic heterocycles. The molecule has 3 heteroatoms. The second-order valence-electron chi connectivity index (χ2n) is 9.39. The summed E-state index contributed by atoms with van der Waals surface area (Å²) in [4.78, 5) is 0. The molecule has 2 fully saturated rings. The topological polar surface area (TPSA) is 0 Å². The van der Waals surface area contributed by atoms with Gasteiger partial charge in [0.05, 0.1) is 0 Å². The highest BCUT2D eigenvalue weighted by atomic mass is 32.7. The maximum absolute atomic E-state index is 4.64. The van der Waals surface area contributed by atoms with Crippen LogP contribution in [0.5, 0.6) is 0 Å². The van der Waals surface area contributed by atoms with Crippen LogP contribution in [0, 0.1) is 40.9 Å². The molecule has 0 saturated heterocycles. The lowest BCUT2D eigenvalue weighted by molar-refractivity contribution is 0.103. The van der Waals surface area contributed by atoms with Crippen LogP contribution in [-0.2, 0) is 0 Å². The Balaban J connectivity index is 1.94. The summed E-state index contributed by atoms with van der Waals surface area (Å²) in [5, 5.41) is 0.558. The van der Waals surface area contributed by atoms with Crippen molar-refractivity contribution in [2.24, 2.45) is 40.9 Å². The van der Waals surface area contributed by atoms with E-state index < -0.39 is 0 Å². The van der Waals surface area contributed by atoms with Crippen molar-refractivity contribution < 1.29 is 0 Å². The lowest BCUT2D eigenvalue weighted by Crippen LogP contribution is -2.32. The Bertz CT molecular complexity index is 369. The Kier molecular flexibility index (Phi) is 7.71. The summed E-state index contributed by atoms with van der Waals surface area (Å²) in [7, 11) is 0.804. The molecule has 0 aromatic rings. The molecule has 2 aliphatic carbocycles. The van der Waals surface area contributed by atoms with E-state index in [1.165, 1.54) is 44.7 Å². The lowest BCUT2D eigenvalue weighted by atomic mass is 9.66. The van der Waals surface area contributed by atoms with E-state index in [2.05, 4.69) is 59.5 Å². The van der Waals surface area contributed by atoms with E-state index in [-0.39, 0.29) is 0 Å². The molecule has 23 heavy (non-hydrogen) atoms. The standard InChI is InChI=1S/C20H39PS2/c1-6-16-17(7-8-20(4,5)12-21-23)15-10-18(19(16)11-15)13(2)9-14(3)22/h13-19,21-23H,6-12H2,1-5H3. The fraction of sp³-hybridized carbons (Fsp3) is 1.00. The quantitative estimate of drug-likeness (QED) is 0.316. The second-order valence-corrected chi connectivity index (χ2v) is 11.9. The Morgan fingerprint density at radius 3 is 2.43 bits per heavy atom. The van der Waals surface area contributed by atoms with E-state index >= 15 is 0 Å². The predicted octanol–water partition coefficient (Wildman–Crippen LogP) is 6.96. The maximum atomic E-state index is 4.64. The minimum absolute atomic E-state index is 0.495. The number of hydrogen-bond donors (Lipinski definition) is 2. The van der Waals surface area contributed by atoms with E-state index in [4.69, 9.17) is 0 Å². The maximum Gasteiger partial charge on any atom is -0.000895 e. The van der Waals surface area contributed by atoms with Gasteiger partial charge in [-0.15, -0.1) is 0 Å². The van der Waals surface area contributed by atoms with Crippen molar-refractivity contribution in [3.63, 3.8) is 0 Å². The molecule has 8 unspecified atom stereocenters. The molecule has 136 valence electrons. The molecule has 0 N–H and O–H groups in total. The lowest BCUT2D eigenvalue weighted by Gasteiger charge is -2.39. The van der Waals surface area contributed by atoms with Crippen LogP contribution >= 0.6 is 32.7 Å². The highest BCUT2D eigenvalue weighted by Gasteiger charge is 2.52. The van der Waals surface area contributed by atoms with Gasteiger partial charge in [-0.2, -0.15) is 24.9 Å². The van der Waals surface area contributed by atoms with Crippen molar-refractivity contribution in [2.75, 3.05) is 6.16 Å². The Labute approximate surface area is 158 Å². The summed E-state index contributed by atoms with van der Waals surface area (Å²) in [6.45, 7) is 12.1. The van der Waals surface area contributed by atoms with E-state index in [1.54, 1.807) is 0 Å². The molecule has 0 spiro atoms. The number of thiol groups is 2. The van der Waals surface area contributed by atoms with Crippen LogP contribution in [0.2, 0.25) is 0 Å². The monoisotopic (exact) mass is 374 g/mol. The van der Waals surface area contributed by atoms with Crippen LogP contribution in [-0.4, -0.2) is 11.4 Å². The molecule has 0 heterocycles. The average molecular weight is 375 g/mol. The fourth-order valence-corrected chi connectivity index (χ4v) is 8.16. The predicted molar refractivity (Wildman–Crippen MR) is 114 cm³/mol. The molecule has 2 bridgehead atoms. The third kappa shape index (κ3) is 5.07. The van der Waals surface area contributed by atoms with E-state index in [0.29, 0.717) is 10.7 Å². The molecule has 0 amide bonds. The third-order valence-corrected chi connectivity index (χ3v) is 8.83. The molecular formula is C20H39PS2. The van der Waals surface area contributed by atoms with Crippen LogP contribution in [0.3, 0.4) is 0 Å². The van der Waals surface area contributed by atoms with E-state index in [0.717, 1.165) is 43.3 Å². The summed E-state index contributed by atoms with van der Waals surface area (Å²) < 4.78 is 0. The van der Waals surface area contributed by atoms with Crippen LogP contribution in [0.1, 0.15) is 73.1 Å². The van der Waals surface area contributed by atoms with Gasteiger partial charge in [-0.3, -0.25) is 0 Å². The highest BCUT2D eigenvalue weighted by Crippen LogP contribution is 2.60. The van der Waals surface area contributed by atoms with Crippen molar-refractivity contribution in [3.8, 4) is 0 Å². The number of fused-ring (bicyclic) bond motifs is 2. The Morgan fingerprint density at radius 1 is 1.17 bits per heavy atom. The molecule has 2 saturated carbocycles. The van der Waals surface area contributed by atoms with Gasteiger partial charge in [0.25, 0.3) is 0 Å². The summed E-state index contributed by atoms with van der Waals surface area (Å²) in [6.07, 6.45) is 9.91. The van der Waals surface area contributed by atoms with Crippen molar-refractivity contribution in [1.82, 2.24) is 0 Å². The van der Waals surface area contributed by atoms with Gasteiger partial charge in [-0.05, 0) is 84.4 Å². The summed E-state index contributed by atoms with van der Waals surface area (Å²) in [6, 6.07) is 0.